The van der Waals surface area contributed by atoms with Crippen LogP contribution in [0.3, 0.4) is 0 Å². The first-order valence-electron chi connectivity index (χ1n) is 12.4. The molecule has 0 spiro atoms. The number of ether oxygens (including phenoxy) is 1. The number of carbonyl (C=O) groups excluding carboxylic acids is 1. The quantitative estimate of drug-likeness (QED) is 0.279. The Bertz CT molecular complexity index is 1110. The Balaban J connectivity index is 1.19. The Hall–Kier alpha value is -3.51. The van der Waals surface area contributed by atoms with E-state index < -0.39 is 6.09 Å². The average molecular weight is 452 g/mol. The highest BCUT2D eigenvalue weighted by Crippen LogP contribution is 2.44. The summed E-state index contributed by atoms with van der Waals surface area (Å²) in [6.45, 7) is 3.04. The van der Waals surface area contributed by atoms with Gasteiger partial charge in [0.15, 0.2) is 0 Å². The molecule has 3 heteroatoms. The normalized spacial score (nSPS) is 11.8. The van der Waals surface area contributed by atoms with Gasteiger partial charge in [0.25, 0.3) is 0 Å². The largest absolute Gasteiger partial charge is 0.449 e. The lowest BCUT2D eigenvalue weighted by molar-refractivity contribution is 0.143. The van der Waals surface area contributed by atoms with Gasteiger partial charge in [-0.3, -0.25) is 0 Å². The number of hydrogen-bond acceptors (Lipinski definition) is 2. The van der Waals surface area contributed by atoms with Gasteiger partial charge in [-0.15, -0.1) is 0 Å². The van der Waals surface area contributed by atoms with Gasteiger partial charge in [0.1, 0.15) is 6.61 Å². The summed E-state index contributed by atoms with van der Waals surface area (Å²) in [5.41, 5.74) is 7.28. The number of nitrogens with one attached hydrogen (secondary N) is 1. The van der Waals surface area contributed by atoms with E-state index in [-0.39, 0.29) is 5.92 Å². The molecule has 1 aliphatic carbocycles. The number of benzene rings is 3. The second kappa shape index (κ2) is 12.1. The summed E-state index contributed by atoms with van der Waals surface area (Å²) in [5, 5.41) is 2.82. The first-order chi connectivity index (χ1) is 16.8. The van der Waals surface area contributed by atoms with Crippen molar-refractivity contribution in [2.45, 2.75) is 51.4 Å². The number of carbonyl (C=O) groups is 1. The van der Waals surface area contributed by atoms with E-state index in [0.717, 1.165) is 12.0 Å². The molecular weight excluding hydrogens is 418 g/mol. The van der Waals surface area contributed by atoms with Gasteiger partial charge in [0.2, 0.25) is 0 Å². The molecule has 1 amide bonds. The van der Waals surface area contributed by atoms with Crippen molar-refractivity contribution in [2.24, 2.45) is 0 Å². The predicted molar refractivity (Wildman–Crippen MR) is 139 cm³/mol. The van der Waals surface area contributed by atoms with Crippen molar-refractivity contribution in [1.82, 2.24) is 5.32 Å². The molecular formula is C31H33NO2. The number of hydrogen-bond donors (Lipinski definition) is 1. The average Bonchev–Trinajstić information content (AvgIpc) is 3.20. The molecule has 3 aromatic rings. The fourth-order valence-electron chi connectivity index (χ4n) is 4.55. The molecule has 0 aliphatic heterocycles. The molecule has 34 heavy (non-hydrogen) atoms. The van der Waals surface area contributed by atoms with Crippen molar-refractivity contribution in [2.75, 3.05) is 13.2 Å². The Labute approximate surface area is 203 Å². The Morgan fingerprint density at radius 1 is 0.882 bits per heavy atom. The summed E-state index contributed by atoms with van der Waals surface area (Å²) in [7, 11) is 0. The van der Waals surface area contributed by atoms with E-state index in [0.29, 0.717) is 19.6 Å². The molecule has 0 atom stereocenters. The van der Waals surface area contributed by atoms with E-state index in [1.54, 1.807) is 0 Å². The zero-order valence-electron chi connectivity index (χ0n) is 20.0. The highest BCUT2D eigenvalue weighted by Gasteiger charge is 2.28. The van der Waals surface area contributed by atoms with E-state index in [1.165, 1.54) is 53.5 Å². The number of amides is 1. The third-order valence-electron chi connectivity index (χ3n) is 6.37. The molecule has 0 unspecified atom stereocenters. The van der Waals surface area contributed by atoms with Crippen LogP contribution in [-0.4, -0.2) is 19.2 Å². The van der Waals surface area contributed by atoms with Gasteiger partial charge in [-0.25, -0.2) is 4.79 Å². The zero-order chi connectivity index (χ0) is 23.6. The van der Waals surface area contributed by atoms with Crippen LogP contribution >= 0.6 is 0 Å². The van der Waals surface area contributed by atoms with Crippen LogP contribution in [0.1, 0.15) is 67.2 Å². The molecule has 0 radical (unpaired) electrons. The van der Waals surface area contributed by atoms with Crippen LogP contribution in [0.15, 0.2) is 72.8 Å². The van der Waals surface area contributed by atoms with E-state index in [2.05, 4.69) is 84.7 Å². The third kappa shape index (κ3) is 6.08. The number of unbranched alkanes of at least 4 members (excludes halogenated alkanes) is 3. The van der Waals surface area contributed by atoms with Crippen LogP contribution < -0.4 is 5.32 Å². The van der Waals surface area contributed by atoms with Crippen LogP contribution in [0.25, 0.3) is 11.1 Å². The summed E-state index contributed by atoms with van der Waals surface area (Å²) in [6, 6.07) is 25.2. The van der Waals surface area contributed by atoms with Crippen LogP contribution in [0.4, 0.5) is 4.79 Å². The van der Waals surface area contributed by atoms with Crippen molar-refractivity contribution >= 4 is 6.09 Å². The molecule has 0 heterocycles. The van der Waals surface area contributed by atoms with Crippen LogP contribution in [0, 0.1) is 11.8 Å². The lowest BCUT2D eigenvalue weighted by Crippen LogP contribution is -2.26. The van der Waals surface area contributed by atoms with Gasteiger partial charge in [-0.05, 0) is 52.8 Å². The molecule has 3 aromatic carbocycles. The Kier molecular flexibility index (Phi) is 8.41. The van der Waals surface area contributed by atoms with Crippen molar-refractivity contribution in [3.8, 4) is 23.0 Å². The van der Waals surface area contributed by atoms with Crippen LogP contribution in [0.2, 0.25) is 0 Å². The molecule has 4 rings (SSSR count). The van der Waals surface area contributed by atoms with Gasteiger partial charge in [0.05, 0.1) is 0 Å². The molecule has 0 aromatic heterocycles. The summed E-state index contributed by atoms with van der Waals surface area (Å²) >= 11 is 0. The van der Waals surface area contributed by atoms with Gasteiger partial charge < -0.3 is 10.1 Å². The topological polar surface area (TPSA) is 38.3 Å². The predicted octanol–water partition coefficient (Wildman–Crippen LogP) is 7.09. The van der Waals surface area contributed by atoms with Crippen molar-refractivity contribution in [3.05, 3.63) is 95.1 Å². The molecule has 3 nitrogen and oxygen atoms in total. The maximum Gasteiger partial charge on any atom is 0.407 e. The number of rotatable bonds is 9. The van der Waals surface area contributed by atoms with E-state index in [4.69, 9.17) is 4.74 Å². The molecule has 174 valence electrons. The number of fused-ring (bicyclic) bond motifs is 3. The fraction of sp³-hybridized carbons (Fsp3) is 0.323. The van der Waals surface area contributed by atoms with E-state index in [9.17, 15) is 4.79 Å². The molecule has 0 saturated heterocycles. The summed E-state index contributed by atoms with van der Waals surface area (Å²) in [4.78, 5) is 12.2. The summed E-state index contributed by atoms with van der Waals surface area (Å²) < 4.78 is 5.57. The summed E-state index contributed by atoms with van der Waals surface area (Å²) in [6.07, 6.45) is 6.46. The minimum atomic E-state index is -0.393. The van der Waals surface area contributed by atoms with Crippen molar-refractivity contribution in [1.29, 1.82) is 0 Å². The third-order valence-corrected chi connectivity index (χ3v) is 6.37. The molecule has 0 bridgehead atoms. The van der Waals surface area contributed by atoms with Crippen molar-refractivity contribution < 1.29 is 9.53 Å². The van der Waals surface area contributed by atoms with Gasteiger partial charge >= 0.3 is 6.09 Å². The maximum absolute atomic E-state index is 12.2. The van der Waals surface area contributed by atoms with Gasteiger partial charge in [0, 0.05) is 24.4 Å². The van der Waals surface area contributed by atoms with Crippen molar-refractivity contribution in [3.63, 3.8) is 0 Å². The highest BCUT2D eigenvalue weighted by molar-refractivity contribution is 5.79. The SMILES string of the molecule is CCCCCCc1ccc(C#CCCNC(=O)OCC2c3ccccc3-c3ccccc32)cc1. The highest BCUT2D eigenvalue weighted by atomic mass is 16.5. The minimum absolute atomic E-state index is 0.0764. The smallest absolute Gasteiger partial charge is 0.407 e. The Morgan fingerprint density at radius 3 is 2.24 bits per heavy atom. The van der Waals surface area contributed by atoms with E-state index >= 15 is 0 Å². The maximum atomic E-state index is 12.2. The van der Waals surface area contributed by atoms with Gasteiger partial charge in [-0.1, -0.05) is 98.7 Å². The number of aryl methyl sites for hydroxylation is 1. The van der Waals surface area contributed by atoms with E-state index in [1.807, 2.05) is 12.1 Å². The molecule has 1 aliphatic rings. The lowest BCUT2D eigenvalue weighted by atomic mass is 9.98. The lowest BCUT2D eigenvalue weighted by Gasteiger charge is -2.14. The minimum Gasteiger partial charge on any atom is -0.449 e. The molecule has 1 N–H and O–H groups in total. The zero-order valence-corrected chi connectivity index (χ0v) is 20.0. The Morgan fingerprint density at radius 2 is 1.56 bits per heavy atom. The standard InChI is InChI=1S/C31H33NO2/c1-2-3-4-5-12-24-18-20-25(21-19-24)13-10-11-22-32-31(33)34-23-30-28-16-8-6-14-26(28)27-15-7-9-17-29(27)30/h6-9,14-21,30H,2-5,11-12,22-23H2,1H3,(H,32,33). The first-order valence-corrected chi connectivity index (χ1v) is 12.4. The first kappa shape index (κ1) is 23.6. The second-order valence-electron chi connectivity index (χ2n) is 8.81. The van der Waals surface area contributed by atoms with Gasteiger partial charge in [-0.2, -0.15) is 0 Å². The molecule has 0 saturated carbocycles. The van der Waals surface area contributed by atoms with Crippen LogP contribution in [0.5, 0.6) is 0 Å². The summed E-state index contributed by atoms with van der Waals surface area (Å²) in [5.74, 6) is 6.39. The monoisotopic (exact) mass is 451 g/mol. The van der Waals surface area contributed by atoms with Crippen LogP contribution in [-0.2, 0) is 11.2 Å². The number of alkyl carbamates (subject to hydrolysis) is 1. The second-order valence-corrected chi connectivity index (χ2v) is 8.81. The molecule has 0 fully saturated rings. The fourth-order valence-corrected chi connectivity index (χ4v) is 4.55.